The highest BCUT2D eigenvalue weighted by molar-refractivity contribution is 6.03. The van der Waals surface area contributed by atoms with Gasteiger partial charge < -0.3 is 28.8 Å². The van der Waals surface area contributed by atoms with Crippen molar-refractivity contribution in [1.29, 1.82) is 0 Å². The highest BCUT2D eigenvalue weighted by Gasteiger charge is 2.45. The quantitative estimate of drug-likeness (QED) is 0.490. The molecule has 2 atom stereocenters. The normalized spacial score (nSPS) is 24.6. The number of aromatic nitrogens is 1. The van der Waals surface area contributed by atoms with Crippen LogP contribution in [-0.4, -0.2) is 61.2 Å². The molecule has 37 heavy (non-hydrogen) atoms. The summed E-state index contributed by atoms with van der Waals surface area (Å²) in [6.07, 6.45) is -1.96. The zero-order chi connectivity index (χ0) is 26.4. The number of fused-ring (bicyclic) bond motifs is 2. The molecule has 0 radical (unpaired) electrons. The van der Waals surface area contributed by atoms with Gasteiger partial charge in [-0.3, -0.25) is 4.79 Å². The van der Waals surface area contributed by atoms with Crippen LogP contribution in [0.4, 0.5) is 29.3 Å². The minimum absolute atomic E-state index is 0.0427. The van der Waals surface area contributed by atoms with Gasteiger partial charge in [0, 0.05) is 31.7 Å². The van der Waals surface area contributed by atoms with E-state index in [-0.39, 0.29) is 35.8 Å². The van der Waals surface area contributed by atoms with Crippen LogP contribution >= 0.6 is 0 Å². The lowest BCUT2D eigenvalue weighted by molar-refractivity contribution is -0.130. The summed E-state index contributed by atoms with van der Waals surface area (Å²) in [5, 5.41) is 2.42. The van der Waals surface area contributed by atoms with Crippen LogP contribution in [-0.2, 0) is 15.9 Å². The summed E-state index contributed by atoms with van der Waals surface area (Å²) >= 11 is 0. The molecule has 2 unspecified atom stereocenters. The number of oxazole rings is 1. The van der Waals surface area contributed by atoms with Crippen LogP contribution in [0.15, 0.2) is 22.6 Å². The molecule has 0 aliphatic carbocycles. The Morgan fingerprint density at radius 3 is 2.54 bits per heavy atom. The molecule has 1 amide bonds. The van der Waals surface area contributed by atoms with Crippen molar-refractivity contribution in [3.63, 3.8) is 0 Å². The Bertz CT molecular complexity index is 1130. The SMILES string of the molecule is CCC1(OC)CN(c2nc(C(=O)Nc3ccc(OC4CC5CCC(C4)O5)c(F)c3)c(CC(F)(F)F)o2)C1. The Kier molecular flexibility index (Phi) is 6.82. The Morgan fingerprint density at radius 1 is 1.24 bits per heavy atom. The van der Waals surface area contributed by atoms with Gasteiger partial charge in [0.15, 0.2) is 17.3 Å². The third-order valence-electron chi connectivity index (χ3n) is 7.30. The van der Waals surface area contributed by atoms with Gasteiger partial charge in [-0.1, -0.05) is 6.92 Å². The summed E-state index contributed by atoms with van der Waals surface area (Å²) in [4.78, 5) is 18.5. The first kappa shape index (κ1) is 25.8. The van der Waals surface area contributed by atoms with E-state index in [0.717, 1.165) is 18.9 Å². The molecule has 4 heterocycles. The molecule has 2 bridgehead atoms. The maximum atomic E-state index is 14.8. The van der Waals surface area contributed by atoms with Crippen LogP contribution in [0, 0.1) is 5.82 Å². The Labute approximate surface area is 211 Å². The zero-order valence-corrected chi connectivity index (χ0v) is 20.6. The van der Waals surface area contributed by atoms with Crippen LogP contribution in [0.25, 0.3) is 0 Å². The fourth-order valence-corrected chi connectivity index (χ4v) is 5.19. The Hall–Kier alpha value is -2.86. The van der Waals surface area contributed by atoms with Gasteiger partial charge in [-0.05, 0) is 31.4 Å². The Balaban J connectivity index is 1.28. The standard InChI is InChI=1S/C25H29F4N3O5/c1-3-24(34-2)12-32(13-24)23-31-21(20(37-23)11-25(27,28)29)22(33)30-14-4-7-19(18(26)8-14)36-17-9-15-5-6-16(10-17)35-15/h4,7-8,15-17H,3,5-6,9-13H2,1-2H3,(H,30,33). The summed E-state index contributed by atoms with van der Waals surface area (Å²) in [7, 11) is 1.56. The first-order valence-electron chi connectivity index (χ1n) is 12.4. The van der Waals surface area contributed by atoms with E-state index in [4.69, 9.17) is 18.6 Å². The number of hydrogen-bond acceptors (Lipinski definition) is 7. The molecule has 0 saturated carbocycles. The van der Waals surface area contributed by atoms with Crippen molar-refractivity contribution in [2.24, 2.45) is 0 Å². The molecule has 0 spiro atoms. The summed E-state index contributed by atoms with van der Waals surface area (Å²) < 4.78 is 76.7. The molecule has 3 aliphatic heterocycles. The number of hydrogen-bond donors (Lipinski definition) is 1. The van der Waals surface area contributed by atoms with E-state index in [1.54, 1.807) is 12.0 Å². The third-order valence-corrected chi connectivity index (χ3v) is 7.30. The number of methoxy groups -OCH3 is 1. The van der Waals surface area contributed by atoms with E-state index in [0.29, 0.717) is 32.4 Å². The molecule has 1 aromatic carbocycles. The van der Waals surface area contributed by atoms with Crippen LogP contribution < -0.4 is 15.0 Å². The summed E-state index contributed by atoms with van der Waals surface area (Å²) in [6.45, 7) is 2.68. The van der Waals surface area contributed by atoms with E-state index < -0.39 is 41.4 Å². The smallest absolute Gasteiger partial charge is 0.396 e. The van der Waals surface area contributed by atoms with Crippen LogP contribution in [0.3, 0.4) is 0 Å². The minimum Gasteiger partial charge on any atom is -0.487 e. The maximum Gasteiger partial charge on any atom is 0.396 e. The highest BCUT2D eigenvalue weighted by atomic mass is 19.4. The fraction of sp³-hybridized carbons (Fsp3) is 0.600. The van der Waals surface area contributed by atoms with E-state index in [9.17, 15) is 22.4 Å². The largest absolute Gasteiger partial charge is 0.487 e. The molecule has 3 fully saturated rings. The van der Waals surface area contributed by atoms with E-state index >= 15 is 0 Å². The number of carbonyl (C=O) groups excluding carboxylic acids is 1. The second-order valence-corrected chi connectivity index (χ2v) is 9.92. The predicted molar refractivity (Wildman–Crippen MR) is 124 cm³/mol. The first-order chi connectivity index (χ1) is 17.6. The number of rotatable bonds is 8. The Morgan fingerprint density at radius 2 is 1.95 bits per heavy atom. The number of halogens is 4. The number of nitrogens with zero attached hydrogens (tertiary/aromatic N) is 2. The number of carbonyl (C=O) groups is 1. The van der Waals surface area contributed by atoms with Crippen molar-refractivity contribution in [2.75, 3.05) is 30.4 Å². The molecule has 2 aromatic rings. The molecule has 3 aliphatic rings. The molecule has 5 rings (SSSR count). The van der Waals surface area contributed by atoms with Crippen LogP contribution in [0.5, 0.6) is 5.75 Å². The topological polar surface area (TPSA) is 86.1 Å². The number of alkyl halides is 3. The molecule has 202 valence electrons. The lowest BCUT2D eigenvalue weighted by atomic mass is 9.91. The highest BCUT2D eigenvalue weighted by Crippen LogP contribution is 2.36. The van der Waals surface area contributed by atoms with Crippen LogP contribution in [0.2, 0.25) is 0 Å². The molecular formula is C25H29F4N3O5. The van der Waals surface area contributed by atoms with Gasteiger partial charge in [0.25, 0.3) is 11.9 Å². The minimum atomic E-state index is -4.62. The molecule has 12 heteroatoms. The monoisotopic (exact) mass is 527 g/mol. The van der Waals surface area contributed by atoms with E-state index in [1.807, 2.05) is 6.92 Å². The van der Waals surface area contributed by atoms with Gasteiger partial charge in [0.05, 0.1) is 25.3 Å². The molecule has 1 aromatic heterocycles. The lowest BCUT2D eigenvalue weighted by Gasteiger charge is -2.47. The van der Waals surface area contributed by atoms with Gasteiger partial charge in [0.1, 0.15) is 23.9 Å². The van der Waals surface area contributed by atoms with Crippen molar-refractivity contribution in [2.45, 2.75) is 75.5 Å². The summed E-state index contributed by atoms with van der Waals surface area (Å²) in [5.41, 5.74) is -0.887. The molecule has 8 nitrogen and oxygen atoms in total. The van der Waals surface area contributed by atoms with Gasteiger partial charge in [-0.25, -0.2) is 4.39 Å². The van der Waals surface area contributed by atoms with Gasteiger partial charge in [-0.15, -0.1) is 0 Å². The lowest BCUT2D eigenvalue weighted by Crippen LogP contribution is -2.62. The first-order valence-corrected chi connectivity index (χ1v) is 12.4. The number of benzene rings is 1. The second kappa shape index (κ2) is 9.79. The van der Waals surface area contributed by atoms with Gasteiger partial charge >= 0.3 is 6.18 Å². The van der Waals surface area contributed by atoms with Crippen molar-refractivity contribution < 1.29 is 41.0 Å². The molecular weight excluding hydrogens is 498 g/mol. The van der Waals surface area contributed by atoms with Crippen LogP contribution in [0.1, 0.15) is 55.3 Å². The fourth-order valence-electron chi connectivity index (χ4n) is 5.19. The number of ether oxygens (including phenoxy) is 3. The number of amides is 1. The van der Waals surface area contributed by atoms with Crippen molar-refractivity contribution in [3.05, 3.63) is 35.5 Å². The zero-order valence-electron chi connectivity index (χ0n) is 20.6. The van der Waals surface area contributed by atoms with Crippen molar-refractivity contribution in [1.82, 2.24) is 4.98 Å². The number of nitrogens with one attached hydrogen (secondary N) is 1. The molecule has 3 saturated heterocycles. The predicted octanol–water partition coefficient (Wildman–Crippen LogP) is 4.87. The van der Waals surface area contributed by atoms with E-state index in [2.05, 4.69) is 10.3 Å². The number of anilines is 2. The summed E-state index contributed by atoms with van der Waals surface area (Å²) in [5.74, 6) is -2.19. The summed E-state index contributed by atoms with van der Waals surface area (Å²) in [6, 6.07) is 3.79. The average molecular weight is 528 g/mol. The van der Waals surface area contributed by atoms with E-state index in [1.165, 1.54) is 12.1 Å². The van der Waals surface area contributed by atoms with Gasteiger partial charge in [0.2, 0.25) is 0 Å². The third kappa shape index (κ3) is 5.54. The second-order valence-electron chi connectivity index (χ2n) is 9.92. The maximum absolute atomic E-state index is 14.8. The average Bonchev–Trinajstić information content (AvgIpc) is 3.37. The molecule has 1 N–H and O–H groups in total. The van der Waals surface area contributed by atoms with Gasteiger partial charge in [-0.2, -0.15) is 18.2 Å². The van der Waals surface area contributed by atoms with Crippen molar-refractivity contribution >= 4 is 17.6 Å². The van der Waals surface area contributed by atoms with Crippen molar-refractivity contribution in [3.8, 4) is 5.75 Å².